The lowest BCUT2D eigenvalue weighted by atomic mass is 10.0. The first-order valence-electron chi connectivity index (χ1n) is 7.70. The summed E-state index contributed by atoms with van der Waals surface area (Å²) in [6, 6.07) is 6.35. The molecule has 0 spiro atoms. The molecular weight excluding hydrogens is 264 g/mol. The topological polar surface area (TPSA) is 33.7 Å². The van der Waals surface area contributed by atoms with Crippen LogP contribution in [-0.4, -0.2) is 50.4 Å². The molecule has 0 saturated carbocycles. The molecule has 0 unspecified atom stereocenters. The Morgan fingerprint density at radius 1 is 1.29 bits per heavy atom. The third-order valence-electron chi connectivity index (χ3n) is 4.21. The smallest absolute Gasteiger partial charge is 0.121 e. The van der Waals surface area contributed by atoms with E-state index in [1.807, 2.05) is 6.07 Å². The summed E-state index contributed by atoms with van der Waals surface area (Å²) in [6.07, 6.45) is 0. The molecule has 0 radical (unpaired) electrons. The maximum atomic E-state index is 5.43. The van der Waals surface area contributed by atoms with Gasteiger partial charge in [-0.2, -0.15) is 0 Å². The Hall–Kier alpha value is -1.10. The van der Waals surface area contributed by atoms with Crippen LogP contribution in [-0.2, 0) is 11.3 Å². The van der Waals surface area contributed by atoms with Crippen molar-refractivity contribution in [1.29, 1.82) is 0 Å². The summed E-state index contributed by atoms with van der Waals surface area (Å²) in [5.74, 6) is 0.951. The molecule has 0 amide bonds. The van der Waals surface area contributed by atoms with Crippen LogP contribution in [0.4, 0.5) is 0 Å². The van der Waals surface area contributed by atoms with Crippen molar-refractivity contribution < 1.29 is 9.47 Å². The number of nitrogens with zero attached hydrogens (tertiary/aromatic N) is 1. The van der Waals surface area contributed by atoms with Gasteiger partial charge in [-0.1, -0.05) is 12.1 Å². The van der Waals surface area contributed by atoms with Crippen LogP contribution < -0.4 is 10.1 Å². The first-order valence-corrected chi connectivity index (χ1v) is 7.70. The highest BCUT2D eigenvalue weighted by atomic mass is 16.5. The largest absolute Gasteiger partial charge is 0.496 e. The third kappa shape index (κ3) is 4.43. The van der Waals surface area contributed by atoms with E-state index in [0.717, 1.165) is 45.1 Å². The van der Waals surface area contributed by atoms with Crippen molar-refractivity contribution in [1.82, 2.24) is 10.2 Å². The molecule has 1 aromatic carbocycles. The molecule has 0 aliphatic carbocycles. The summed E-state index contributed by atoms with van der Waals surface area (Å²) in [5, 5.41) is 3.58. The lowest BCUT2D eigenvalue weighted by molar-refractivity contribution is -0.00966. The molecule has 0 aromatic heterocycles. The van der Waals surface area contributed by atoms with Crippen LogP contribution in [0.25, 0.3) is 0 Å². The third-order valence-corrected chi connectivity index (χ3v) is 4.21. The minimum absolute atomic E-state index is 0.158. The van der Waals surface area contributed by atoms with E-state index in [-0.39, 0.29) is 5.54 Å². The van der Waals surface area contributed by atoms with Gasteiger partial charge < -0.3 is 14.8 Å². The first kappa shape index (κ1) is 16.3. The van der Waals surface area contributed by atoms with Gasteiger partial charge in [-0.15, -0.1) is 0 Å². The predicted molar refractivity (Wildman–Crippen MR) is 85.9 cm³/mol. The van der Waals surface area contributed by atoms with E-state index in [4.69, 9.17) is 9.47 Å². The summed E-state index contributed by atoms with van der Waals surface area (Å²) in [5.41, 5.74) is 2.64. The zero-order chi connectivity index (χ0) is 15.3. The average molecular weight is 292 g/mol. The van der Waals surface area contributed by atoms with Crippen LogP contribution in [0.1, 0.15) is 25.0 Å². The molecule has 4 nitrogen and oxygen atoms in total. The number of aryl methyl sites for hydroxylation is 1. The van der Waals surface area contributed by atoms with Crippen molar-refractivity contribution in [3.8, 4) is 5.75 Å². The Balaban J connectivity index is 1.84. The standard InChI is InChI=1S/C17H28N2O2/c1-14-11-15(5-6-16(14)20-4)12-18-13-17(2,3)19-7-9-21-10-8-19/h5-6,11,18H,7-10,12-13H2,1-4H3. The minimum Gasteiger partial charge on any atom is -0.496 e. The Bertz CT molecular complexity index is 454. The van der Waals surface area contributed by atoms with E-state index in [9.17, 15) is 0 Å². The molecule has 21 heavy (non-hydrogen) atoms. The maximum absolute atomic E-state index is 5.43. The van der Waals surface area contributed by atoms with Crippen LogP contribution in [0, 0.1) is 6.92 Å². The Kier molecular flexibility index (Phi) is 5.62. The second-order valence-corrected chi connectivity index (χ2v) is 6.32. The fourth-order valence-corrected chi connectivity index (χ4v) is 2.84. The van der Waals surface area contributed by atoms with Crippen molar-refractivity contribution in [2.24, 2.45) is 0 Å². The highest BCUT2D eigenvalue weighted by molar-refractivity contribution is 5.36. The zero-order valence-corrected chi connectivity index (χ0v) is 13.7. The maximum Gasteiger partial charge on any atom is 0.121 e. The summed E-state index contributed by atoms with van der Waals surface area (Å²) in [6.45, 7) is 12.3. The van der Waals surface area contributed by atoms with E-state index in [0.29, 0.717) is 0 Å². The molecule has 1 aromatic rings. The predicted octanol–water partition coefficient (Wildman–Crippen LogP) is 2.20. The summed E-state index contributed by atoms with van der Waals surface area (Å²) in [4.78, 5) is 2.50. The van der Waals surface area contributed by atoms with Gasteiger partial charge in [0.2, 0.25) is 0 Å². The van der Waals surface area contributed by atoms with E-state index >= 15 is 0 Å². The van der Waals surface area contributed by atoms with Gasteiger partial charge in [0.15, 0.2) is 0 Å². The average Bonchev–Trinajstić information content (AvgIpc) is 2.48. The highest BCUT2D eigenvalue weighted by Gasteiger charge is 2.27. The summed E-state index contributed by atoms with van der Waals surface area (Å²) >= 11 is 0. The number of methoxy groups -OCH3 is 1. The number of rotatable bonds is 6. The second kappa shape index (κ2) is 7.25. The number of ether oxygens (including phenoxy) is 2. The molecule has 1 aliphatic rings. The van der Waals surface area contributed by atoms with Crippen LogP contribution in [0.15, 0.2) is 18.2 Å². The SMILES string of the molecule is COc1ccc(CNCC(C)(C)N2CCOCC2)cc1C. The molecule has 118 valence electrons. The van der Waals surface area contributed by atoms with Gasteiger partial charge in [-0.3, -0.25) is 4.90 Å². The zero-order valence-electron chi connectivity index (χ0n) is 13.7. The summed E-state index contributed by atoms with van der Waals surface area (Å²) < 4.78 is 10.7. The van der Waals surface area contributed by atoms with E-state index < -0.39 is 0 Å². The van der Waals surface area contributed by atoms with Crippen LogP contribution >= 0.6 is 0 Å². The van der Waals surface area contributed by atoms with Gasteiger partial charge >= 0.3 is 0 Å². The van der Waals surface area contributed by atoms with Gasteiger partial charge in [0, 0.05) is 31.7 Å². The molecule has 1 heterocycles. The summed E-state index contributed by atoms with van der Waals surface area (Å²) in [7, 11) is 1.71. The number of nitrogens with one attached hydrogen (secondary N) is 1. The molecule has 1 aliphatic heterocycles. The van der Waals surface area contributed by atoms with Crippen molar-refractivity contribution in [2.45, 2.75) is 32.9 Å². The Morgan fingerprint density at radius 3 is 2.62 bits per heavy atom. The van der Waals surface area contributed by atoms with Gasteiger partial charge in [0.1, 0.15) is 5.75 Å². The molecule has 0 atom stereocenters. The number of hydrogen-bond acceptors (Lipinski definition) is 4. The van der Waals surface area contributed by atoms with Crippen molar-refractivity contribution in [2.75, 3.05) is 40.0 Å². The normalized spacial score (nSPS) is 17.0. The fraction of sp³-hybridized carbons (Fsp3) is 0.647. The number of hydrogen-bond donors (Lipinski definition) is 1. The van der Waals surface area contributed by atoms with Crippen LogP contribution in [0.3, 0.4) is 0 Å². The second-order valence-electron chi connectivity index (χ2n) is 6.32. The van der Waals surface area contributed by atoms with Crippen molar-refractivity contribution >= 4 is 0 Å². The lowest BCUT2D eigenvalue weighted by Gasteiger charge is -2.41. The van der Waals surface area contributed by atoms with Crippen LogP contribution in [0.5, 0.6) is 5.75 Å². The van der Waals surface area contributed by atoms with Crippen molar-refractivity contribution in [3.63, 3.8) is 0 Å². The minimum atomic E-state index is 0.158. The number of morpholine rings is 1. The Morgan fingerprint density at radius 2 is 2.00 bits per heavy atom. The fourth-order valence-electron chi connectivity index (χ4n) is 2.84. The first-order chi connectivity index (χ1) is 10.0. The molecule has 1 saturated heterocycles. The molecule has 0 bridgehead atoms. The van der Waals surface area contributed by atoms with Gasteiger partial charge in [-0.25, -0.2) is 0 Å². The van der Waals surface area contributed by atoms with Crippen LogP contribution in [0.2, 0.25) is 0 Å². The Labute approximate surface area is 128 Å². The van der Waals surface area contributed by atoms with E-state index in [2.05, 4.69) is 43.1 Å². The van der Waals surface area contributed by atoms with E-state index in [1.54, 1.807) is 7.11 Å². The molecule has 4 heteroatoms. The van der Waals surface area contributed by atoms with Gasteiger partial charge in [0.25, 0.3) is 0 Å². The lowest BCUT2D eigenvalue weighted by Crippen LogP contribution is -2.54. The quantitative estimate of drug-likeness (QED) is 0.871. The van der Waals surface area contributed by atoms with Gasteiger partial charge in [0.05, 0.1) is 20.3 Å². The molecular formula is C17H28N2O2. The van der Waals surface area contributed by atoms with Crippen molar-refractivity contribution in [3.05, 3.63) is 29.3 Å². The molecule has 1 fully saturated rings. The van der Waals surface area contributed by atoms with E-state index in [1.165, 1.54) is 11.1 Å². The highest BCUT2D eigenvalue weighted by Crippen LogP contribution is 2.19. The van der Waals surface area contributed by atoms with Gasteiger partial charge in [-0.05, 0) is 38.0 Å². The number of benzene rings is 1. The molecule has 1 N–H and O–H groups in total. The monoisotopic (exact) mass is 292 g/mol. The molecule has 2 rings (SSSR count).